The zero-order valence-corrected chi connectivity index (χ0v) is 18.2. The van der Waals surface area contributed by atoms with E-state index in [1.807, 2.05) is 29.1 Å². The van der Waals surface area contributed by atoms with Crippen LogP contribution in [0.4, 0.5) is 0 Å². The van der Waals surface area contributed by atoms with E-state index >= 15 is 0 Å². The van der Waals surface area contributed by atoms with Crippen molar-refractivity contribution in [1.82, 2.24) is 14.4 Å². The van der Waals surface area contributed by atoms with Crippen LogP contribution in [0.25, 0.3) is 0 Å². The second kappa shape index (κ2) is 11.4. The molecule has 0 spiro atoms. The predicted octanol–water partition coefficient (Wildman–Crippen LogP) is 4.42. The fourth-order valence-corrected chi connectivity index (χ4v) is 4.27. The lowest BCUT2D eigenvalue weighted by Gasteiger charge is -2.31. The molecule has 0 saturated carbocycles. The van der Waals surface area contributed by atoms with Crippen molar-refractivity contribution in [1.29, 1.82) is 0 Å². The Labute approximate surface area is 171 Å². The summed E-state index contributed by atoms with van der Waals surface area (Å²) in [5.41, 5.74) is -0.746. The Morgan fingerprint density at radius 2 is 1.54 bits per heavy atom. The number of unbranched alkanes of at least 4 members (excludes halogenated alkanes) is 6. The molecule has 28 heavy (non-hydrogen) atoms. The quantitative estimate of drug-likeness (QED) is 0.349. The number of carbonyl (C=O) groups excluding carboxylic acids is 2. The van der Waals surface area contributed by atoms with Gasteiger partial charge in [-0.2, -0.15) is 0 Å². The van der Waals surface area contributed by atoms with Crippen LogP contribution in [0, 0.1) is 0 Å². The van der Waals surface area contributed by atoms with Crippen LogP contribution in [0.5, 0.6) is 0 Å². The molecule has 0 N–H and O–H groups in total. The number of imide groups is 1. The molecule has 0 radical (unpaired) electrons. The van der Waals surface area contributed by atoms with Gasteiger partial charge in [0, 0.05) is 25.5 Å². The van der Waals surface area contributed by atoms with E-state index in [1.165, 1.54) is 37.0 Å². The van der Waals surface area contributed by atoms with Crippen molar-refractivity contribution in [2.24, 2.45) is 0 Å². The summed E-state index contributed by atoms with van der Waals surface area (Å²) in [5, 5.41) is 0. The third kappa shape index (κ3) is 5.47. The number of amides is 2. The fourth-order valence-electron chi connectivity index (χ4n) is 4.27. The molecule has 0 bridgehead atoms. The fraction of sp³-hybridized carbons (Fsp3) is 0.739. The third-order valence-corrected chi connectivity index (χ3v) is 6.21. The maximum atomic E-state index is 13.4. The second-order valence-corrected chi connectivity index (χ2v) is 8.05. The van der Waals surface area contributed by atoms with E-state index in [0.717, 1.165) is 32.5 Å². The highest BCUT2D eigenvalue weighted by Gasteiger charge is 2.52. The summed E-state index contributed by atoms with van der Waals surface area (Å²) in [6, 6.07) is 3.88. The van der Waals surface area contributed by atoms with Gasteiger partial charge in [0.15, 0.2) is 0 Å². The number of likely N-dealkylation sites (tertiary alicyclic amines) is 1. The summed E-state index contributed by atoms with van der Waals surface area (Å²) in [7, 11) is 0. The summed E-state index contributed by atoms with van der Waals surface area (Å²) in [6.45, 7) is 9.82. The molecule has 1 unspecified atom stereocenters. The molecular weight excluding hydrogens is 350 g/mol. The van der Waals surface area contributed by atoms with Gasteiger partial charge in [0.05, 0.1) is 6.42 Å². The number of hydrogen-bond acceptors (Lipinski definition) is 3. The minimum atomic E-state index is -0.746. The van der Waals surface area contributed by atoms with Gasteiger partial charge < -0.3 is 9.47 Å². The topological polar surface area (TPSA) is 45.6 Å². The van der Waals surface area contributed by atoms with Gasteiger partial charge in [0.2, 0.25) is 5.91 Å². The molecule has 1 aromatic rings. The molecule has 1 atom stereocenters. The van der Waals surface area contributed by atoms with Gasteiger partial charge in [-0.05, 0) is 38.1 Å². The summed E-state index contributed by atoms with van der Waals surface area (Å²) in [4.78, 5) is 30.0. The summed E-state index contributed by atoms with van der Waals surface area (Å²) < 4.78 is 1.97. The van der Waals surface area contributed by atoms with Gasteiger partial charge in [0.1, 0.15) is 5.54 Å². The van der Waals surface area contributed by atoms with Crippen LogP contribution in [-0.2, 0) is 15.1 Å². The van der Waals surface area contributed by atoms with Gasteiger partial charge in [-0.1, -0.05) is 59.3 Å². The van der Waals surface area contributed by atoms with Crippen LogP contribution in [0.1, 0.15) is 78.6 Å². The Kier molecular flexibility index (Phi) is 9.23. The molecule has 0 aliphatic carbocycles. The standard InChI is InChI=1S/C23H39N3O2/c1-4-7-8-9-10-11-12-18-26-21(27)20-23(22(26)28,25-16-13-14-17-25)15-19-24(5-2)6-3/h13-14,16-17H,4-12,15,18-20H2,1-3H3. The Hall–Kier alpha value is -1.62. The van der Waals surface area contributed by atoms with Gasteiger partial charge in [-0.25, -0.2) is 0 Å². The maximum absolute atomic E-state index is 13.4. The number of carbonyl (C=O) groups is 2. The van der Waals surface area contributed by atoms with Crippen molar-refractivity contribution in [3.63, 3.8) is 0 Å². The molecule has 2 rings (SSSR count). The van der Waals surface area contributed by atoms with Gasteiger partial charge >= 0.3 is 0 Å². The van der Waals surface area contributed by atoms with E-state index in [9.17, 15) is 9.59 Å². The van der Waals surface area contributed by atoms with Crippen LogP contribution in [0.15, 0.2) is 24.5 Å². The van der Waals surface area contributed by atoms with Crippen LogP contribution in [0.2, 0.25) is 0 Å². The smallest absolute Gasteiger partial charge is 0.255 e. The molecule has 5 nitrogen and oxygen atoms in total. The molecule has 0 aromatic carbocycles. The number of aromatic nitrogens is 1. The average molecular weight is 390 g/mol. The van der Waals surface area contributed by atoms with Crippen LogP contribution in [0.3, 0.4) is 0 Å². The lowest BCUT2D eigenvalue weighted by molar-refractivity contribution is -0.141. The third-order valence-electron chi connectivity index (χ3n) is 6.21. The van der Waals surface area contributed by atoms with Crippen molar-refractivity contribution in [2.75, 3.05) is 26.2 Å². The molecule has 5 heteroatoms. The van der Waals surface area contributed by atoms with Crippen molar-refractivity contribution in [3.8, 4) is 0 Å². The van der Waals surface area contributed by atoms with Gasteiger partial charge in [-0.3, -0.25) is 14.5 Å². The van der Waals surface area contributed by atoms with Gasteiger partial charge in [-0.15, -0.1) is 0 Å². The molecule has 1 aliphatic heterocycles. The minimum Gasteiger partial charge on any atom is -0.339 e. The number of nitrogens with zero attached hydrogens (tertiary/aromatic N) is 3. The van der Waals surface area contributed by atoms with Gasteiger partial charge in [0.25, 0.3) is 5.91 Å². The largest absolute Gasteiger partial charge is 0.339 e. The normalized spacial score (nSPS) is 19.9. The molecule has 1 saturated heterocycles. The first kappa shape index (κ1) is 22.7. The SMILES string of the molecule is CCCCCCCCCN1C(=O)CC(CCN(CC)CC)(n2cccc2)C1=O. The monoisotopic (exact) mass is 389 g/mol. The van der Waals surface area contributed by atoms with Crippen molar-refractivity contribution in [2.45, 2.75) is 84.1 Å². The van der Waals surface area contributed by atoms with Crippen molar-refractivity contribution < 1.29 is 9.59 Å². The highest BCUT2D eigenvalue weighted by Crippen LogP contribution is 2.35. The average Bonchev–Trinajstić information content (AvgIpc) is 3.31. The van der Waals surface area contributed by atoms with Crippen molar-refractivity contribution >= 4 is 11.8 Å². The van der Waals surface area contributed by atoms with E-state index in [-0.39, 0.29) is 18.2 Å². The zero-order valence-electron chi connectivity index (χ0n) is 18.2. The molecule has 2 amide bonds. The lowest BCUT2D eigenvalue weighted by atomic mass is 9.92. The minimum absolute atomic E-state index is 0.00756. The Morgan fingerprint density at radius 1 is 0.929 bits per heavy atom. The molecule has 1 aliphatic rings. The Morgan fingerprint density at radius 3 is 2.14 bits per heavy atom. The molecule has 1 fully saturated rings. The Balaban J connectivity index is 1.99. The van der Waals surface area contributed by atoms with E-state index in [4.69, 9.17) is 0 Å². The molecular formula is C23H39N3O2. The second-order valence-electron chi connectivity index (χ2n) is 8.05. The molecule has 158 valence electrons. The maximum Gasteiger partial charge on any atom is 0.255 e. The first-order valence-electron chi connectivity index (χ1n) is 11.3. The van der Waals surface area contributed by atoms with Crippen LogP contribution >= 0.6 is 0 Å². The highest BCUT2D eigenvalue weighted by molar-refractivity contribution is 6.07. The summed E-state index contributed by atoms with van der Waals surface area (Å²) in [5.74, 6) is -0.0175. The lowest BCUT2D eigenvalue weighted by Crippen LogP contribution is -2.45. The predicted molar refractivity (Wildman–Crippen MR) is 114 cm³/mol. The van der Waals surface area contributed by atoms with Crippen molar-refractivity contribution in [3.05, 3.63) is 24.5 Å². The van der Waals surface area contributed by atoms with E-state index < -0.39 is 5.54 Å². The number of hydrogen-bond donors (Lipinski definition) is 0. The number of rotatable bonds is 14. The summed E-state index contributed by atoms with van der Waals surface area (Å²) in [6.07, 6.45) is 13.2. The van der Waals surface area contributed by atoms with Crippen LogP contribution in [-0.4, -0.2) is 52.4 Å². The Bertz CT molecular complexity index is 595. The molecule has 2 heterocycles. The van der Waals surface area contributed by atoms with E-state index in [0.29, 0.717) is 13.0 Å². The van der Waals surface area contributed by atoms with E-state index in [2.05, 4.69) is 25.7 Å². The van der Waals surface area contributed by atoms with Crippen LogP contribution < -0.4 is 0 Å². The zero-order chi connectivity index (χ0) is 20.4. The molecule has 1 aromatic heterocycles. The van der Waals surface area contributed by atoms with E-state index in [1.54, 1.807) is 0 Å². The highest BCUT2D eigenvalue weighted by atomic mass is 16.2. The summed E-state index contributed by atoms with van der Waals surface area (Å²) >= 11 is 0. The first-order valence-corrected chi connectivity index (χ1v) is 11.3. The first-order chi connectivity index (χ1) is 13.6.